The molecule has 0 saturated carbocycles. The van der Waals surface area contributed by atoms with Crippen molar-refractivity contribution in [3.05, 3.63) is 22.7 Å². The Morgan fingerprint density at radius 1 is 1.43 bits per heavy atom. The second-order valence-electron chi connectivity index (χ2n) is 5.21. The highest BCUT2D eigenvalue weighted by Gasteiger charge is 2.32. The first kappa shape index (κ1) is 15.5. The smallest absolute Gasteiger partial charge is 0.328 e. The van der Waals surface area contributed by atoms with Crippen LogP contribution in [0.15, 0.2) is 17.2 Å². The molecular weight excluding hydrogens is 270 g/mol. The fourth-order valence-corrected chi connectivity index (χ4v) is 2.72. The summed E-state index contributed by atoms with van der Waals surface area (Å²) < 4.78 is 6.79. The molecule has 21 heavy (non-hydrogen) atoms. The molecule has 2 rings (SSSR count). The summed E-state index contributed by atoms with van der Waals surface area (Å²) in [5.74, 6) is 0.105. The lowest BCUT2D eigenvalue weighted by molar-refractivity contribution is -0.145. The van der Waals surface area contributed by atoms with E-state index in [-0.39, 0.29) is 11.5 Å². The van der Waals surface area contributed by atoms with E-state index in [4.69, 9.17) is 4.74 Å². The lowest BCUT2D eigenvalue weighted by Gasteiger charge is -2.34. The summed E-state index contributed by atoms with van der Waals surface area (Å²) >= 11 is 0. The molecule has 6 nitrogen and oxygen atoms in total. The highest BCUT2D eigenvalue weighted by atomic mass is 16.5. The average Bonchev–Trinajstić information content (AvgIpc) is 2.50. The Kier molecular flexibility index (Phi) is 5.36. The highest BCUT2D eigenvalue weighted by Crippen LogP contribution is 2.21. The molecule has 2 heterocycles. The van der Waals surface area contributed by atoms with Crippen LogP contribution in [-0.2, 0) is 16.1 Å². The van der Waals surface area contributed by atoms with E-state index in [1.54, 1.807) is 23.9 Å². The molecular formula is C15H23N3O3. The Labute approximate surface area is 124 Å². The second kappa shape index (κ2) is 7.24. The Bertz CT molecular complexity index is 541. The van der Waals surface area contributed by atoms with Crippen LogP contribution in [-0.4, -0.2) is 34.7 Å². The zero-order chi connectivity index (χ0) is 15.2. The molecule has 0 N–H and O–H groups in total. The van der Waals surface area contributed by atoms with Gasteiger partial charge in [-0.2, -0.15) is 0 Å². The third kappa shape index (κ3) is 3.43. The predicted molar refractivity (Wildman–Crippen MR) is 80.4 cm³/mol. The molecule has 1 saturated heterocycles. The molecule has 1 fully saturated rings. The van der Waals surface area contributed by atoms with Gasteiger partial charge in [-0.05, 0) is 32.6 Å². The van der Waals surface area contributed by atoms with Crippen LogP contribution in [0.4, 0.5) is 5.82 Å². The summed E-state index contributed by atoms with van der Waals surface area (Å²) in [6.45, 7) is 5.49. The summed E-state index contributed by atoms with van der Waals surface area (Å²) in [6.07, 6.45) is 6.84. The lowest BCUT2D eigenvalue weighted by atomic mass is 10.0. The SMILES string of the molecule is CCCn1ccnc(N2CCCCC2C(=O)OCC)c1=O. The Balaban J connectivity index is 2.31. The maximum Gasteiger partial charge on any atom is 0.328 e. The van der Waals surface area contributed by atoms with E-state index in [1.165, 1.54) is 0 Å². The number of esters is 1. The fraction of sp³-hybridized carbons (Fsp3) is 0.667. The largest absolute Gasteiger partial charge is 0.464 e. The summed E-state index contributed by atoms with van der Waals surface area (Å²) in [4.78, 5) is 30.6. The zero-order valence-corrected chi connectivity index (χ0v) is 12.7. The number of rotatable bonds is 5. The maximum atomic E-state index is 12.5. The first-order chi connectivity index (χ1) is 10.2. The Morgan fingerprint density at radius 2 is 2.24 bits per heavy atom. The van der Waals surface area contributed by atoms with Crippen LogP contribution in [0.3, 0.4) is 0 Å². The van der Waals surface area contributed by atoms with Gasteiger partial charge >= 0.3 is 5.97 Å². The normalized spacial score (nSPS) is 18.6. The van der Waals surface area contributed by atoms with Gasteiger partial charge in [0.1, 0.15) is 6.04 Å². The van der Waals surface area contributed by atoms with Crippen LogP contribution in [0, 0.1) is 0 Å². The molecule has 1 unspecified atom stereocenters. The average molecular weight is 293 g/mol. The number of aromatic nitrogens is 2. The molecule has 0 aliphatic carbocycles. The van der Waals surface area contributed by atoms with Gasteiger partial charge in [-0.3, -0.25) is 4.79 Å². The van der Waals surface area contributed by atoms with E-state index >= 15 is 0 Å². The van der Waals surface area contributed by atoms with Crippen molar-refractivity contribution < 1.29 is 9.53 Å². The number of hydrogen-bond donors (Lipinski definition) is 0. The minimum atomic E-state index is -0.392. The molecule has 0 spiro atoms. The van der Waals surface area contributed by atoms with Gasteiger partial charge in [0.15, 0.2) is 5.82 Å². The summed E-state index contributed by atoms with van der Waals surface area (Å²) in [6, 6.07) is -0.392. The fourth-order valence-electron chi connectivity index (χ4n) is 2.72. The number of ether oxygens (including phenoxy) is 1. The van der Waals surface area contributed by atoms with Crippen molar-refractivity contribution in [3.8, 4) is 0 Å². The number of aryl methyl sites for hydroxylation is 1. The van der Waals surface area contributed by atoms with Crippen LogP contribution in [0.25, 0.3) is 0 Å². The van der Waals surface area contributed by atoms with Gasteiger partial charge in [-0.25, -0.2) is 9.78 Å². The Morgan fingerprint density at radius 3 is 2.95 bits per heavy atom. The van der Waals surface area contributed by atoms with E-state index in [1.807, 2.05) is 11.8 Å². The minimum absolute atomic E-state index is 0.129. The third-order valence-electron chi connectivity index (χ3n) is 3.69. The summed E-state index contributed by atoms with van der Waals surface area (Å²) in [5.41, 5.74) is -0.129. The monoisotopic (exact) mass is 293 g/mol. The molecule has 6 heteroatoms. The number of hydrogen-bond acceptors (Lipinski definition) is 5. The molecule has 1 aromatic heterocycles. The zero-order valence-electron chi connectivity index (χ0n) is 12.7. The van der Waals surface area contributed by atoms with Crippen molar-refractivity contribution in [2.45, 2.75) is 52.1 Å². The number of piperidine rings is 1. The lowest BCUT2D eigenvalue weighted by Crippen LogP contribution is -2.48. The molecule has 0 bridgehead atoms. The minimum Gasteiger partial charge on any atom is -0.464 e. The standard InChI is InChI=1S/C15H23N3O3/c1-3-9-17-11-8-16-13(14(17)19)18-10-6-5-7-12(18)15(20)21-4-2/h8,11-12H,3-7,9-10H2,1-2H3. The predicted octanol–water partition coefficient (Wildman–Crippen LogP) is 1.58. The van der Waals surface area contributed by atoms with Crippen molar-refractivity contribution in [1.29, 1.82) is 0 Å². The van der Waals surface area contributed by atoms with E-state index in [0.29, 0.717) is 31.9 Å². The number of nitrogens with zero attached hydrogens (tertiary/aromatic N) is 3. The number of carbonyl (C=O) groups excluding carboxylic acids is 1. The molecule has 1 atom stereocenters. The van der Waals surface area contributed by atoms with Crippen molar-refractivity contribution in [1.82, 2.24) is 9.55 Å². The molecule has 0 aromatic carbocycles. The van der Waals surface area contributed by atoms with E-state index in [9.17, 15) is 9.59 Å². The van der Waals surface area contributed by atoms with Crippen molar-refractivity contribution >= 4 is 11.8 Å². The van der Waals surface area contributed by atoms with Gasteiger partial charge in [-0.15, -0.1) is 0 Å². The highest BCUT2D eigenvalue weighted by molar-refractivity contribution is 5.79. The molecule has 116 valence electrons. The first-order valence-corrected chi connectivity index (χ1v) is 7.67. The first-order valence-electron chi connectivity index (χ1n) is 7.67. The summed E-state index contributed by atoms with van der Waals surface area (Å²) in [7, 11) is 0. The van der Waals surface area contributed by atoms with Gasteiger partial charge in [0, 0.05) is 25.5 Å². The molecule has 0 amide bonds. The third-order valence-corrected chi connectivity index (χ3v) is 3.69. The van der Waals surface area contributed by atoms with Crippen molar-refractivity contribution in [2.75, 3.05) is 18.1 Å². The van der Waals surface area contributed by atoms with Gasteiger partial charge in [-0.1, -0.05) is 6.92 Å². The van der Waals surface area contributed by atoms with E-state index < -0.39 is 6.04 Å². The van der Waals surface area contributed by atoms with Crippen molar-refractivity contribution in [3.63, 3.8) is 0 Å². The van der Waals surface area contributed by atoms with Gasteiger partial charge in [0.2, 0.25) is 0 Å². The van der Waals surface area contributed by atoms with Crippen LogP contribution >= 0.6 is 0 Å². The molecule has 0 radical (unpaired) electrons. The maximum absolute atomic E-state index is 12.5. The quantitative estimate of drug-likeness (QED) is 0.771. The number of carbonyl (C=O) groups is 1. The van der Waals surface area contributed by atoms with Crippen LogP contribution < -0.4 is 10.5 Å². The van der Waals surface area contributed by atoms with E-state index in [2.05, 4.69) is 4.98 Å². The van der Waals surface area contributed by atoms with Crippen LogP contribution in [0.1, 0.15) is 39.5 Å². The molecule has 1 aliphatic heterocycles. The Hall–Kier alpha value is -1.85. The molecule has 1 aliphatic rings. The molecule has 1 aromatic rings. The van der Waals surface area contributed by atoms with Crippen molar-refractivity contribution in [2.24, 2.45) is 0 Å². The summed E-state index contributed by atoms with van der Waals surface area (Å²) in [5, 5.41) is 0. The van der Waals surface area contributed by atoms with Crippen LogP contribution in [0.5, 0.6) is 0 Å². The second-order valence-corrected chi connectivity index (χ2v) is 5.21. The number of anilines is 1. The van der Waals surface area contributed by atoms with E-state index in [0.717, 1.165) is 19.3 Å². The van der Waals surface area contributed by atoms with Gasteiger partial charge < -0.3 is 14.2 Å². The topological polar surface area (TPSA) is 64.4 Å². The van der Waals surface area contributed by atoms with Gasteiger partial charge in [0.05, 0.1) is 6.61 Å². The van der Waals surface area contributed by atoms with Gasteiger partial charge in [0.25, 0.3) is 5.56 Å². The van der Waals surface area contributed by atoms with Crippen LogP contribution in [0.2, 0.25) is 0 Å².